The van der Waals surface area contributed by atoms with Crippen molar-refractivity contribution in [2.75, 3.05) is 16.6 Å². The number of hydrogen-bond acceptors (Lipinski definition) is 7. The zero-order chi connectivity index (χ0) is 20.3. The highest BCUT2D eigenvalue weighted by atomic mass is 32.2. The van der Waals surface area contributed by atoms with Gasteiger partial charge < -0.3 is 14.8 Å². The van der Waals surface area contributed by atoms with Crippen molar-refractivity contribution in [2.45, 2.75) is 11.0 Å². The Kier molecular flexibility index (Phi) is 5.00. The zero-order valence-electron chi connectivity index (χ0n) is 15.0. The molecule has 2 aromatic carbocycles. The molecule has 0 bridgehead atoms. The molecule has 2 heterocycles. The number of amides is 1. The number of benzene rings is 2. The van der Waals surface area contributed by atoms with Gasteiger partial charge in [-0.1, -0.05) is 12.1 Å². The Labute approximate surface area is 166 Å². The number of rotatable bonds is 5. The van der Waals surface area contributed by atoms with Crippen LogP contribution in [-0.4, -0.2) is 37.0 Å². The van der Waals surface area contributed by atoms with Gasteiger partial charge in [-0.2, -0.15) is 0 Å². The Hall–Kier alpha value is -3.66. The Morgan fingerprint density at radius 2 is 1.66 bits per heavy atom. The van der Waals surface area contributed by atoms with Gasteiger partial charge in [0.05, 0.1) is 4.90 Å². The Morgan fingerprint density at radius 1 is 0.966 bits per heavy atom. The summed E-state index contributed by atoms with van der Waals surface area (Å²) in [5.41, 5.74) is 0.423. The van der Waals surface area contributed by atoms with Crippen molar-refractivity contribution in [3.05, 3.63) is 67.0 Å². The van der Waals surface area contributed by atoms with Crippen LogP contribution in [0, 0.1) is 0 Å². The highest BCUT2D eigenvalue weighted by molar-refractivity contribution is 7.92. The molecule has 2 N–H and O–H groups in total. The summed E-state index contributed by atoms with van der Waals surface area (Å²) < 4.78 is 38.2. The van der Waals surface area contributed by atoms with Crippen LogP contribution in [0.25, 0.3) is 0 Å². The Bertz CT molecular complexity index is 1120. The van der Waals surface area contributed by atoms with Gasteiger partial charge in [-0.25, -0.2) is 23.1 Å². The van der Waals surface area contributed by atoms with Crippen LogP contribution in [0.3, 0.4) is 0 Å². The molecule has 1 amide bonds. The minimum atomic E-state index is -3.84. The number of ether oxygens (including phenoxy) is 2. The first kappa shape index (κ1) is 18.7. The highest BCUT2D eigenvalue weighted by Crippen LogP contribution is 2.31. The molecule has 4 rings (SSSR count). The third kappa shape index (κ3) is 4.27. The SMILES string of the molecule is O=C(Nc1ccc(S(=O)(=O)Nc2ncccn2)cc1)[C@H]1COc2ccccc2O1. The van der Waals surface area contributed by atoms with Crippen LogP contribution >= 0.6 is 0 Å². The van der Waals surface area contributed by atoms with Gasteiger partial charge in [0.1, 0.15) is 6.61 Å². The van der Waals surface area contributed by atoms with E-state index < -0.39 is 22.0 Å². The summed E-state index contributed by atoms with van der Waals surface area (Å²) in [6.45, 7) is 0.0797. The summed E-state index contributed by atoms with van der Waals surface area (Å²) in [4.78, 5) is 20.1. The van der Waals surface area contributed by atoms with Gasteiger partial charge in [0, 0.05) is 18.1 Å². The van der Waals surface area contributed by atoms with Crippen molar-refractivity contribution < 1.29 is 22.7 Å². The second-order valence-electron chi connectivity index (χ2n) is 6.06. The minimum Gasteiger partial charge on any atom is -0.485 e. The number of carbonyl (C=O) groups is 1. The van der Waals surface area contributed by atoms with E-state index in [2.05, 4.69) is 20.0 Å². The fourth-order valence-electron chi connectivity index (χ4n) is 2.62. The van der Waals surface area contributed by atoms with Crippen LogP contribution in [0.5, 0.6) is 11.5 Å². The molecule has 0 aliphatic carbocycles. The molecule has 0 unspecified atom stereocenters. The van der Waals surface area contributed by atoms with E-state index in [1.165, 1.54) is 36.7 Å². The number of anilines is 2. The molecular weight excluding hydrogens is 396 g/mol. The lowest BCUT2D eigenvalue weighted by molar-refractivity contribution is -0.125. The molecular formula is C19H16N4O5S. The van der Waals surface area contributed by atoms with E-state index in [-0.39, 0.29) is 17.5 Å². The fraction of sp³-hybridized carbons (Fsp3) is 0.105. The standard InChI is InChI=1S/C19H16N4O5S/c24-18(17-12-27-15-4-1-2-5-16(15)28-17)22-13-6-8-14(9-7-13)29(25,26)23-19-20-10-3-11-21-19/h1-11,17H,12H2,(H,22,24)(H,20,21,23)/t17-/m1/s1. The smallest absolute Gasteiger partial charge is 0.269 e. The maximum atomic E-state index is 12.4. The van der Waals surface area contributed by atoms with Crippen molar-refractivity contribution in [1.82, 2.24) is 9.97 Å². The lowest BCUT2D eigenvalue weighted by Gasteiger charge is -2.25. The average molecular weight is 412 g/mol. The van der Waals surface area contributed by atoms with E-state index in [1.54, 1.807) is 24.3 Å². The molecule has 9 nitrogen and oxygen atoms in total. The quantitative estimate of drug-likeness (QED) is 0.658. The van der Waals surface area contributed by atoms with Crippen LogP contribution in [0.15, 0.2) is 71.9 Å². The molecule has 0 saturated carbocycles. The summed E-state index contributed by atoms with van der Waals surface area (Å²) in [7, 11) is -3.84. The second kappa shape index (κ2) is 7.76. The van der Waals surface area contributed by atoms with Crippen LogP contribution in [0.2, 0.25) is 0 Å². The summed E-state index contributed by atoms with van der Waals surface area (Å²) in [6.07, 6.45) is 2.04. The van der Waals surface area contributed by atoms with Gasteiger partial charge in [0.15, 0.2) is 11.5 Å². The summed E-state index contributed by atoms with van der Waals surface area (Å²) in [5.74, 6) is 0.654. The minimum absolute atomic E-state index is 0.00845. The molecule has 1 atom stereocenters. The van der Waals surface area contributed by atoms with Crippen molar-refractivity contribution in [2.24, 2.45) is 0 Å². The number of nitrogens with one attached hydrogen (secondary N) is 2. The van der Waals surface area contributed by atoms with Gasteiger partial charge in [-0.15, -0.1) is 0 Å². The lowest BCUT2D eigenvalue weighted by Crippen LogP contribution is -2.40. The van der Waals surface area contributed by atoms with Crippen molar-refractivity contribution in [3.8, 4) is 11.5 Å². The predicted molar refractivity (Wildman–Crippen MR) is 104 cm³/mol. The molecule has 1 aliphatic heterocycles. The van der Waals surface area contributed by atoms with Gasteiger partial charge in [-0.05, 0) is 42.5 Å². The molecule has 0 radical (unpaired) electrons. The number of nitrogens with zero attached hydrogens (tertiary/aromatic N) is 2. The summed E-state index contributed by atoms with van der Waals surface area (Å²) in [6, 6.07) is 14.4. The van der Waals surface area contributed by atoms with Gasteiger partial charge >= 0.3 is 0 Å². The van der Waals surface area contributed by atoms with E-state index in [0.717, 1.165) is 0 Å². The summed E-state index contributed by atoms with van der Waals surface area (Å²) >= 11 is 0. The van der Waals surface area contributed by atoms with E-state index in [1.807, 2.05) is 6.07 Å². The van der Waals surface area contributed by atoms with Crippen LogP contribution in [-0.2, 0) is 14.8 Å². The average Bonchev–Trinajstić information content (AvgIpc) is 2.74. The first-order valence-electron chi connectivity index (χ1n) is 8.60. The predicted octanol–water partition coefficient (Wildman–Crippen LogP) is 2.06. The molecule has 0 fully saturated rings. The summed E-state index contributed by atoms with van der Waals surface area (Å²) in [5, 5.41) is 2.69. The topological polar surface area (TPSA) is 120 Å². The molecule has 0 saturated heterocycles. The number of fused-ring (bicyclic) bond motifs is 1. The van der Waals surface area contributed by atoms with Gasteiger partial charge in [0.25, 0.3) is 15.9 Å². The van der Waals surface area contributed by atoms with Crippen LogP contribution in [0.1, 0.15) is 0 Å². The van der Waals surface area contributed by atoms with Gasteiger partial charge in [-0.3, -0.25) is 4.79 Å². The zero-order valence-corrected chi connectivity index (χ0v) is 15.8. The van der Waals surface area contributed by atoms with Crippen molar-refractivity contribution >= 4 is 27.6 Å². The van der Waals surface area contributed by atoms with Gasteiger partial charge in [0.2, 0.25) is 12.1 Å². The van der Waals surface area contributed by atoms with Crippen molar-refractivity contribution in [3.63, 3.8) is 0 Å². The van der Waals surface area contributed by atoms with E-state index in [0.29, 0.717) is 17.2 Å². The highest BCUT2D eigenvalue weighted by Gasteiger charge is 2.27. The lowest BCUT2D eigenvalue weighted by atomic mass is 10.2. The number of hydrogen-bond donors (Lipinski definition) is 2. The fourth-order valence-corrected chi connectivity index (χ4v) is 3.58. The third-order valence-electron chi connectivity index (χ3n) is 4.02. The molecule has 10 heteroatoms. The number of aromatic nitrogens is 2. The van der Waals surface area contributed by atoms with E-state index in [9.17, 15) is 13.2 Å². The maximum Gasteiger partial charge on any atom is 0.269 e. The third-order valence-corrected chi connectivity index (χ3v) is 5.37. The van der Waals surface area contributed by atoms with Crippen LogP contribution < -0.4 is 19.5 Å². The first-order valence-corrected chi connectivity index (χ1v) is 10.1. The molecule has 1 aliphatic rings. The largest absolute Gasteiger partial charge is 0.485 e. The molecule has 1 aromatic heterocycles. The molecule has 3 aromatic rings. The second-order valence-corrected chi connectivity index (χ2v) is 7.74. The number of sulfonamides is 1. The van der Waals surface area contributed by atoms with E-state index >= 15 is 0 Å². The van der Waals surface area contributed by atoms with Crippen molar-refractivity contribution in [1.29, 1.82) is 0 Å². The Balaban J connectivity index is 1.41. The molecule has 0 spiro atoms. The Morgan fingerprint density at radius 3 is 2.38 bits per heavy atom. The molecule has 29 heavy (non-hydrogen) atoms. The molecule has 148 valence electrons. The first-order chi connectivity index (χ1) is 14.0. The van der Waals surface area contributed by atoms with E-state index in [4.69, 9.17) is 9.47 Å². The van der Waals surface area contributed by atoms with Crippen LogP contribution in [0.4, 0.5) is 11.6 Å². The number of carbonyl (C=O) groups excluding carboxylic acids is 1. The monoisotopic (exact) mass is 412 g/mol. The maximum absolute atomic E-state index is 12.4. The number of para-hydroxylation sites is 2. The normalized spacial score (nSPS) is 15.4.